The maximum absolute atomic E-state index is 11.9. The van der Waals surface area contributed by atoms with Crippen molar-refractivity contribution >= 4 is 28.2 Å². The minimum atomic E-state index is -0.230. The summed E-state index contributed by atoms with van der Waals surface area (Å²) in [5, 5.41) is 15.4. The summed E-state index contributed by atoms with van der Waals surface area (Å²) >= 11 is 1.45. The Hall–Kier alpha value is -1.50. The van der Waals surface area contributed by atoms with Gasteiger partial charge in [-0.3, -0.25) is 15.1 Å². The smallest absolute Gasteiger partial charge is 0.292 e. The number of amidine groups is 1. The first-order valence-corrected chi connectivity index (χ1v) is 7.49. The molecule has 2 N–H and O–H groups in total. The van der Waals surface area contributed by atoms with Crippen LogP contribution >= 0.6 is 11.3 Å². The van der Waals surface area contributed by atoms with E-state index in [1.807, 2.05) is 0 Å². The summed E-state index contributed by atoms with van der Waals surface area (Å²) < 4.78 is 0. The highest BCUT2D eigenvalue weighted by Crippen LogP contribution is 2.27. The number of nitrogens with zero attached hydrogens (tertiary/aromatic N) is 3. The molecule has 6 nitrogen and oxygen atoms in total. The number of carbonyl (C=O) groups is 1. The van der Waals surface area contributed by atoms with Crippen molar-refractivity contribution in [1.29, 1.82) is 0 Å². The van der Waals surface area contributed by atoms with Gasteiger partial charge in [0.25, 0.3) is 5.91 Å². The first kappa shape index (κ1) is 13.9. The molecule has 1 amide bonds. The molecule has 7 heteroatoms. The number of aromatic nitrogens is 2. The van der Waals surface area contributed by atoms with Crippen molar-refractivity contribution in [3.05, 3.63) is 5.01 Å². The van der Waals surface area contributed by atoms with Crippen molar-refractivity contribution in [2.45, 2.75) is 39.0 Å². The SMILES string of the molecule is CCC(CC)c1nnc(NC(=O)C2=NCCCN2)s1. The maximum Gasteiger partial charge on any atom is 0.292 e. The molecule has 1 aromatic rings. The van der Waals surface area contributed by atoms with Crippen LogP contribution in [-0.4, -0.2) is 35.0 Å². The number of nitrogens with one attached hydrogen (secondary N) is 2. The topological polar surface area (TPSA) is 79.3 Å². The van der Waals surface area contributed by atoms with Gasteiger partial charge < -0.3 is 5.32 Å². The number of carbonyl (C=O) groups excluding carboxylic acids is 1. The van der Waals surface area contributed by atoms with Crippen molar-refractivity contribution in [2.24, 2.45) is 4.99 Å². The molecule has 1 aliphatic heterocycles. The normalized spacial score (nSPS) is 15.0. The first-order chi connectivity index (χ1) is 9.24. The highest BCUT2D eigenvalue weighted by molar-refractivity contribution is 7.15. The summed E-state index contributed by atoms with van der Waals surface area (Å²) in [5.74, 6) is 0.589. The summed E-state index contributed by atoms with van der Waals surface area (Å²) in [6, 6.07) is 0. The monoisotopic (exact) mass is 281 g/mol. The lowest BCUT2D eigenvalue weighted by atomic mass is 10.1. The van der Waals surface area contributed by atoms with E-state index >= 15 is 0 Å². The second kappa shape index (κ2) is 6.60. The molecule has 1 aromatic heterocycles. The fraction of sp³-hybridized carbons (Fsp3) is 0.667. The van der Waals surface area contributed by atoms with E-state index in [-0.39, 0.29) is 5.91 Å². The molecular formula is C12H19N5OS. The molecule has 0 radical (unpaired) electrons. The molecule has 2 heterocycles. The molecule has 19 heavy (non-hydrogen) atoms. The van der Waals surface area contributed by atoms with E-state index in [2.05, 4.69) is 39.7 Å². The average molecular weight is 281 g/mol. The zero-order valence-electron chi connectivity index (χ0n) is 11.3. The van der Waals surface area contributed by atoms with Gasteiger partial charge in [0.2, 0.25) is 5.13 Å². The molecule has 0 unspecified atom stereocenters. The van der Waals surface area contributed by atoms with Gasteiger partial charge in [-0.05, 0) is 19.3 Å². The van der Waals surface area contributed by atoms with E-state index in [1.165, 1.54) is 11.3 Å². The van der Waals surface area contributed by atoms with E-state index in [1.54, 1.807) is 0 Å². The van der Waals surface area contributed by atoms with Gasteiger partial charge in [-0.25, -0.2) is 0 Å². The van der Waals surface area contributed by atoms with Crippen LogP contribution in [0.5, 0.6) is 0 Å². The van der Waals surface area contributed by atoms with E-state index in [9.17, 15) is 4.79 Å². The van der Waals surface area contributed by atoms with Crippen molar-refractivity contribution in [3.63, 3.8) is 0 Å². The van der Waals surface area contributed by atoms with Crippen LogP contribution in [0, 0.1) is 0 Å². The van der Waals surface area contributed by atoms with Crippen LogP contribution in [0.4, 0.5) is 5.13 Å². The molecule has 0 aliphatic carbocycles. The standard InChI is InChI=1S/C12H19N5OS/c1-3-8(4-2)11-16-17-12(19-11)15-10(18)9-13-6-5-7-14-9/h8H,3-7H2,1-2H3,(H,13,14)(H,15,17,18). The lowest BCUT2D eigenvalue weighted by molar-refractivity contribution is -0.110. The third kappa shape index (κ3) is 3.50. The Labute approximate surface area is 116 Å². The van der Waals surface area contributed by atoms with Crippen molar-refractivity contribution < 1.29 is 4.79 Å². The van der Waals surface area contributed by atoms with Crippen LogP contribution in [0.1, 0.15) is 44.0 Å². The van der Waals surface area contributed by atoms with Crippen LogP contribution < -0.4 is 10.6 Å². The molecular weight excluding hydrogens is 262 g/mol. The Morgan fingerprint density at radius 3 is 2.84 bits per heavy atom. The lowest BCUT2D eigenvalue weighted by Crippen LogP contribution is -2.39. The molecule has 0 aromatic carbocycles. The summed E-state index contributed by atoms with van der Waals surface area (Å²) in [7, 11) is 0. The highest BCUT2D eigenvalue weighted by atomic mass is 32.1. The van der Waals surface area contributed by atoms with Crippen molar-refractivity contribution in [2.75, 3.05) is 18.4 Å². The number of hydrogen-bond donors (Lipinski definition) is 2. The zero-order valence-corrected chi connectivity index (χ0v) is 12.1. The van der Waals surface area contributed by atoms with Crippen LogP contribution in [-0.2, 0) is 4.79 Å². The third-order valence-corrected chi connectivity index (χ3v) is 4.11. The molecule has 0 saturated carbocycles. The van der Waals surface area contributed by atoms with Crippen molar-refractivity contribution in [3.8, 4) is 0 Å². The Morgan fingerprint density at radius 2 is 2.21 bits per heavy atom. The molecule has 104 valence electrons. The fourth-order valence-electron chi connectivity index (χ4n) is 1.93. The first-order valence-electron chi connectivity index (χ1n) is 6.67. The van der Waals surface area contributed by atoms with Gasteiger partial charge in [-0.2, -0.15) is 0 Å². The Morgan fingerprint density at radius 1 is 1.42 bits per heavy atom. The number of rotatable bonds is 5. The molecule has 0 bridgehead atoms. The average Bonchev–Trinajstić information content (AvgIpc) is 2.89. The van der Waals surface area contributed by atoms with E-state index < -0.39 is 0 Å². The van der Waals surface area contributed by atoms with Gasteiger partial charge in [0.05, 0.1) is 0 Å². The quantitative estimate of drug-likeness (QED) is 0.862. The highest BCUT2D eigenvalue weighted by Gasteiger charge is 2.17. The molecule has 0 saturated heterocycles. The number of anilines is 1. The fourth-order valence-corrected chi connectivity index (χ4v) is 2.93. The number of aliphatic imine (C=N–C) groups is 1. The number of amides is 1. The minimum Gasteiger partial charge on any atom is -0.366 e. The van der Waals surface area contributed by atoms with Gasteiger partial charge in [0.1, 0.15) is 5.01 Å². The molecule has 1 aliphatic rings. The predicted octanol–water partition coefficient (Wildman–Crippen LogP) is 1.77. The molecule has 0 fully saturated rings. The molecule has 0 atom stereocenters. The minimum absolute atomic E-state index is 0.230. The Bertz CT molecular complexity index is 466. The van der Waals surface area contributed by atoms with Gasteiger partial charge in [-0.15, -0.1) is 10.2 Å². The van der Waals surface area contributed by atoms with E-state index in [0.29, 0.717) is 23.4 Å². The second-order valence-electron chi connectivity index (χ2n) is 4.42. The van der Waals surface area contributed by atoms with Crippen molar-refractivity contribution in [1.82, 2.24) is 15.5 Å². The Kier molecular flexibility index (Phi) is 4.84. The second-order valence-corrected chi connectivity index (χ2v) is 5.43. The predicted molar refractivity (Wildman–Crippen MR) is 76.8 cm³/mol. The van der Waals surface area contributed by atoms with Gasteiger partial charge in [0, 0.05) is 19.0 Å². The Balaban J connectivity index is 1.99. The van der Waals surface area contributed by atoms with Gasteiger partial charge >= 0.3 is 0 Å². The van der Waals surface area contributed by atoms with E-state index in [4.69, 9.17) is 0 Å². The zero-order chi connectivity index (χ0) is 13.7. The van der Waals surface area contributed by atoms with Crippen LogP contribution in [0.15, 0.2) is 4.99 Å². The lowest BCUT2D eigenvalue weighted by Gasteiger charge is -2.12. The summed E-state index contributed by atoms with van der Waals surface area (Å²) in [6.07, 6.45) is 3.04. The maximum atomic E-state index is 11.9. The van der Waals surface area contributed by atoms with Crippen LogP contribution in [0.3, 0.4) is 0 Å². The van der Waals surface area contributed by atoms with Gasteiger partial charge in [0.15, 0.2) is 5.84 Å². The largest absolute Gasteiger partial charge is 0.366 e. The summed E-state index contributed by atoms with van der Waals surface area (Å²) in [5.41, 5.74) is 0. The van der Waals surface area contributed by atoms with Crippen LogP contribution in [0.2, 0.25) is 0 Å². The summed E-state index contributed by atoms with van der Waals surface area (Å²) in [6.45, 7) is 5.76. The van der Waals surface area contributed by atoms with Gasteiger partial charge in [-0.1, -0.05) is 25.2 Å². The molecule has 2 rings (SSSR count). The number of hydrogen-bond acceptors (Lipinski definition) is 6. The summed E-state index contributed by atoms with van der Waals surface area (Å²) in [4.78, 5) is 16.1. The third-order valence-electron chi connectivity index (χ3n) is 3.11. The van der Waals surface area contributed by atoms with E-state index in [0.717, 1.165) is 30.8 Å². The van der Waals surface area contributed by atoms with Crippen LogP contribution in [0.25, 0.3) is 0 Å². The molecule has 0 spiro atoms.